The number of benzene rings is 2. The van der Waals surface area contributed by atoms with Gasteiger partial charge in [-0.25, -0.2) is 4.79 Å². The van der Waals surface area contributed by atoms with E-state index in [2.05, 4.69) is 19.2 Å². The number of anilines is 1. The molecular formula is C20H23NO4. The van der Waals surface area contributed by atoms with Gasteiger partial charge in [-0.3, -0.25) is 4.79 Å². The summed E-state index contributed by atoms with van der Waals surface area (Å²) in [5.41, 5.74) is 1.94. The molecule has 132 valence electrons. The molecule has 0 unspecified atom stereocenters. The highest BCUT2D eigenvalue weighted by Crippen LogP contribution is 2.21. The summed E-state index contributed by atoms with van der Waals surface area (Å²) in [4.78, 5) is 23.8. The number of esters is 1. The summed E-state index contributed by atoms with van der Waals surface area (Å²) in [6, 6.07) is 14.4. The van der Waals surface area contributed by atoms with Crippen molar-refractivity contribution in [1.29, 1.82) is 0 Å². The molecule has 0 heterocycles. The van der Waals surface area contributed by atoms with Crippen molar-refractivity contribution in [2.75, 3.05) is 19.0 Å². The maximum absolute atomic E-state index is 12.1. The van der Waals surface area contributed by atoms with Crippen LogP contribution in [0.2, 0.25) is 0 Å². The number of rotatable bonds is 7. The van der Waals surface area contributed by atoms with Crippen LogP contribution in [-0.4, -0.2) is 25.6 Å². The molecule has 2 aromatic carbocycles. The van der Waals surface area contributed by atoms with Gasteiger partial charge in [-0.1, -0.05) is 38.1 Å². The summed E-state index contributed by atoms with van der Waals surface area (Å²) in [7, 11) is 1.30. The zero-order valence-corrected chi connectivity index (χ0v) is 14.7. The second kappa shape index (κ2) is 8.87. The van der Waals surface area contributed by atoms with E-state index in [9.17, 15) is 9.59 Å². The molecule has 0 aromatic heterocycles. The van der Waals surface area contributed by atoms with E-state index in [4.69, 9.17) is 9.47 Å². The second-order valence-corrected chi connectivity index (χ2v) is 5.75. The lowest BCUT2D eigenvalue weighted by Crippen LogP contribution is -2.21. The van der Waals surface area contributed by atoms with Gasteiger partial charge in [0.2, 0.25) is 0 Å². The first kappa shape index (κ1) is 18.5. The Hall–Kier alpha value is -2.82. The molecule has 2 rings (SSSR count). The zero-order valence-electron chi connectivity index (χ0n) is 14.7. The Labute approximate surface area is 148 Å². The standard InChI is InChI=1S/C20H23NO4/c1-4-14(2)15-9-11-16(12-10-15)25-13-19(22)21-18-8-6-5-7-17(18)20(23)24-3/h5-12,14H,4,13H2,1-3H3,(H,21,22)/t14-/m1/s1. The number of para-hydroxylation sites is 1. The average molecular weight is 341 g/mol. The Morgan fingerprint density at radius 3 is 2.40 bits per heavy atom. The molecule has 0 fully saturated rings. The van der Waals surface area contributed by atoms with E-state index in [1.807, 2.05) is 24.3 Å². The molecule has 0 aliphatic carbocycles. The molecule has 1 N–H and O–H groups in total. The van der Waals surface area contributed by atoms with Gasteiger partial charge in [0, 0.05) is 0 Å². The molecule has 0 saturated heterocycles. The second-order valence-electron chi connectivity index (χ2n) is 5.75. The minimum absolute atomic E-state index is 0.141. The first-order valence-electron chi connectivity index (χ1n) is 8.25. The van der Waals surface area contributed by atoms with Gasteiger partial charge >= 0.3 is 5.97 Å². The van der Waals surface area contributed by atoms with E-state index in [1.165, 1.54) is 12.7 Å². The Kier molecular flexibility index (Phi) is 6.57. The van der Waals surface area contributed by atoms with Crippen LogP contribution in [0, 0.1) is 0 Å². The van der Waals surface area contributed by atoms with E-state index >= 15 is 0 Å². The van der Waals surface area contributed by atoms with E-state index in [-0.39, 0.29) is 12.5 Å². The third-order valence-corrected chi connectivity index (χ3v) is 4.04. The molecular weight excluding hydrogens is 318 g/mol. The van der Waals surface area contributed by atoms with Gasteiger partial charge in [-0.05, 0) is 42.2 Å². The highest BCUT2D eigenvalue weighted by Gasteiger charge is 2.13. The van der Waals surface area contributed by atoms with Crippen molar-refractivity contribution >= 4 is 17.6 Å². The first-order valence-corrected chi connectivity index (χ1v) is 8.25. The van der Waals surface area contributed by atoms with Crippen LogP contribution in [0.5, 0.6) is 5.75 Å². The summed E-state index contributed by atoms with van der Waals surface area (Å²) in [5.74, 6) is 0.274. The highest BCUT2D eigenvalue weighted by atomic mass is 16.5. The van der Waals surface area contributed by atoms with Gasteiger partial charge in [0.25, 0.3) is 5.91 Å². The van der Waals surface area contributed by atoms with Gasteiger partial charge in [0.1, 0.15) is 5.75 Å². The van der Waals surface area contributed by atoms with Gasteiger partial charge in [0.15, 0.2) is 6.61 Å². The van der Waals surface area contributed by atoms with Crippen LogP contribution in [0.25, 0.3) is 0 Å². The summed E-state index contributed by atoms with van der Waals surface area (Å²) < 4.78 is 10.2. The minimum Gasteiger partial charge on any atom is -0.484 e. The predicted molar refractivity (Wildman–Crippen MR) is 97.1 cm³/mol. The molecule has 1 amide bonds. The van der Waals surface area contributed by atoms with Crippen molar-refractivity contribution in [3.8, 4) is 5.75 Å². The first-order chi connectivity index (χ1) is 12.0. The van der Waals surface area contributed by atoms with E-state index in [0.29, 0.717) is 22.9 Å². The third kappa shape index (κ3) is 5.08. The number of ether oxygens (including phenoxy) is 2. The molecule has 0 saturated carbocycles. The lowest BCUT2D eigenvalue weighted by Gasteiger charge is -2.12. The summed E-state index contributed by atoms with van der Waals surface area (Å²) >= 11 is 0. The van der Waals surface area contributed by atoms with E-state index in [0.717, 1.165) is 6.42 Å². The fraction of sp³-hybridized carbons (Fsp3) is 0.300. The average Bonchev–Trinajstić information content (AvgIpc) is 2.66. The van der Waals surface area contributed by atoms with Crippen molar-refractivity contribution in [3.05, 3.63) is 59.7 Å². The lowest BCUT2D eigenvalue weighted by molar-refractivity contribution is -0.118. The topological polar surface area (TPSA) is 64.6 Å². The fourth-order valence-electron chi connectivity index (χ4n) is 2.34. The van der Waals surface area contributed by atoms with Crippen LogP contribution in [-0.2, 0) is 9.53 Å². The lowest BCUT2D eigenvalue weighted by atomic mass is 9.99. The summed E-state index contributed by atoms with van der Waals surface area (Å²) in [5, 5.41) is 2.67. The van der Waals surface area contributed by atoms with Gasteiger partial charge in [0.05, 0.1) is 18.4 Å². The Balaban J connectivity index is 1.94. The number of nitrogens with one attached hydrogen (secondary N) is 1. The molecule has 1 atom stereocenters. The molecule has 0 aliphatic rings. The van der Waals surface area contributed by atoms with Crippen molar-refractivity contribution in [2.45, 2.75) is 26.2 Å². The quantitative estimate of drug-likeness (QED) is 0.773. The molecule has 25 heavy (non-hydrogen) atoms. The zero-order chi connectivity index (χ0) is 18.2. The third-order valence-electron chi connectivity index (χ3n) is 4.04. The van der Waals surface area contributed by atoms with Crippen molar-refractivity contribution in [2.24, 2.45) is 0 Å². The van der Waals surface area contributed by atoms with Gasteiger partial charge in [-0.2, -0.15) is 0 Å². The molecule has 0 radical (unpaired) electrons. The van der Waals surface area contributed by atoms with Crippen LogP contribution in [0.15, 0.2) is 48.5 Å². The minimum atomic E-state index is -0.502. The fourth-order valence-corrected chi connectivity index (χ4v) is 2.34. The van der Waals surface area contributed by atoms with Crippen LogP contribution < -0.4 is 10.1 Å². The van der Waals surface area contributed by atoms with Crippen molar-refractivity contribution in [3.63, 3.8) is 0 Å². The number of hydrogen-bond donors (Lipinski definition) is 1. The molecule has 0 bridgehead atoms. The number of carbonyl (C=O) groups excluding carboxylic acids is 2. The van der Waals surface area contributed by atoms with E-state index in [1.54, 1.807) is 24.3 Å². The molecule has 2 aromatic rings. The Bertz CT molecular complexity index is 725. The summed E-state index contributed by atoms with van der Waals surface area (Å²) in [6.07, 6.45) is 1.07. The smallest absolute Gasteiger partial charge is 0.339 e. The number of methoxy groups -OCH3 is 1. The maximum Gasteiger partial charge on any atom is 0.339 e. The van der Waals surface area contributed by atoms with Crippen LogP contribution in [0.4, 0.5) is 5.69 Å². The predicted octanol–water partition coefficient (Wildman–Crippen LogP) is 4.00. The monoisotopic (exact) mass is 341 g/mol. The number of amides is 1. The van der Waals surface area contributed by atoms with Crippen LogP contribution >= 0.6 is 0 Å². The molecule has 0 spiro atoms. The van der Waals surface area contributed by atoms with Crippen LogP contribution in [0.3, 0.4) is 0 Å². The highest BCUT2D eigenvalue weighted by molar-refractivity contribution is 6.01. The molecule has 5 nitrogen and oxygen atoms in total. The molecule has 5 heteroatoms. The number of hydrogen-bond acceptors (Lipinski definition) is 4. The normalized spacial score (nSPS) is 11.5. The number of carbonyl (C=O) groups is 2. The maximum atomic E-state index is 12.1. The Morgan fingerprint density at radius 1 is 1.08 bits per heavy atom. The van der Waals surface area contributed by atoms with Crippen LogP contribution in [0.1, 0.15) is 42.1 Å². The Morgan fingerprint density at radius 2 is 1.76 bits per heavy atom. The molecule has 0 aliphatic heterocycles. The largest absolute Gasteiger partial charge is 0.484 e. The van der Waals surface area contributed by atoms with Crippen molar-refractivity contribution in [1.82, 2.24) is 0 Å². The van der Waals surface area contributed by atoms with Gasteiger partial charge in [-0.15, -0.1) is 0 Å². The summed E-state index contributed by atoms with van der Waals surface area (Å²) in [6.45, 7) is 4.17. The SMILES string of the molecule is CC[C@@H](C)c1ccc(OCC(=O)Nc2ccccc2C(=O)OC)cc1. The van der Waals surface area contributed by atoms with Gasteiger partial charge < -0.3 is 14.8 Å². The van der Waals surface area contributed by atoms with E-state index < -0.39 is 5.97 Å². The van der Waals surface area contributed by atoms with Crippen molar-refractivity contribution < 1.29 is 19.1 Å².